The van der Waals surface area contributed by atoms with Crippen LogP contribution in [0.2, 0.25) is 0 Å². The number of nitrogens with one attached hydrogen (secondary N) is 1. The lowest BCUT2D eigenvalue weighted by atomic mass is 10.1. The molecule has 2 fully saturated rings. The average Bonchev–Trinajstić information content (AvgIpc) is 3.35. The molecule has 0 aliphatic carbocycles. The Labute approximate surface area is 194 Å². The third kappa shape index (κ3) is 4.52. The van der Waals surface area contributed by atoms with Crippen LogP contribution < -0.4 is 10.2 Å². The van der Waals surface area contributed by atoms with Crippen molar-refractivity contribution in [3.8, 4) is 11.3 Å². The summed E-state index contributed by atoms with van der Waals surface area (Å²) in [6, 6.07) is 0. The van der Waals surface area contributed by atoms with Crippen LogP contribution in [0.25, 0.3) is 21.5 Å². The fraction of sp³-hybridized carbons (Fsp3) is 0.609. The Morgan fingerprint density at radius 2 is 1.78 bits per heavy atom. The zero-order valence-corrected chi connectivity index (χ0v) is 20.8. The normalized spacial score (nSPS) is 17.5. The van der Waals surface area contributed by atoms with Gasteiger partial charge in [0.25, 0.3) is 0 Å². The lowest BCUT2D eigenvalue weighted by Gasteiger charge is -2.28. The summed E-state index contributed by atoms with van der Waals surface area (Å²) in [7, 11) is 2.00. The maximum atomic E-state index is 5.55. The first-order valence-electron chi connectivity index (χ1n) is 11.7. The Hall–Kier alpha value is -2.07. The molecule has 174 valence electrons. The molecule has 9 heteroatoms. The molecule has 2 saturated heterocycles. The monoisotopic (exact) mass is 457 g/mol. The van der Waals surface area contributed by atoms with Gasteiger partial charge in [-0.2, -0.15) is 5.10 Å². The molecule has 3 aromatic rings. The summed E-state index contributed by atoms with van der Waals surface area (Å²) in [5, 5.41) is 10.4. The first kappa shape index (κ1) is 23.1. The number of hydrogen-bond donors (Lipinski definition) is 1. The highest BCUT2D eigenvalue weighted by molar-refractivity contribution is 7.17. The van der Waals surface area contributed by atoms with Crippen LogP contribution in [-0.4, -0.2) is 77.1 Å². The molecule has 2 aliphatic heterocycles. The molecule has 1 N–H and O–H groups in total. The first-order valence-corrected chi connectivity index (χ1v) is 12.5. The van der Waals surface area contributed by atoms with E-state index in [4.69, 9.17) is 14.7 Å². The van der Waals surface area contributed by atoms with Gasteiger partial charge in [0.2, 0.25) is 5.95 Å². The molecule has 0 unspecified atom stereocenters. The van der Waals surface area contributed by atoms with Crippen molar-refractivity contribution in [1.29, 1.82) is 0 Å². The lowest BCUT2D eigenvalue weighted by Crippen LogP contribution is -2.42. The van der Waals surface area contributed by atoms with Gasteiger partial charge >= 0.3 is 0 Å². The minimum atomic E-state index is 0.721. The highest BCUT2D eigenvalue weighted by atomic mass is 32.1. The summed E-state index contributed by atoms with van der Waals surface area (Å²) < 4.78 is 8.66. The zero-order chi connectivity index (χ0) is 22.7. The summed E-state index contributed by atoms with van der Waals surface area (Å²) in [5.41, 5.74) is 6.69. The van der Waals surface area contributed by atoms with E-state index >= 15 is 0 Å². The van der Waals surface area contributed by atoms with Gasteiger partial charge in [-0.05, 0) is 19.2 Å². The molecule has 0 atom stereocenters. The topological polar surface area (TPSA) is 71.3 Å². The molecular formula is C23H35N7OS. The Bertz CT molecular complexity index is 1050. The number of rotatable bonds is 4. The highest BCUT2D eigenvalue weighted by Gasteiger charge is 2.24. The van der Waals surface area contributed by atoms with E-state index in [0.29, 0.717) is 0 Å². The van der Waals surface area contributed by atoms with Crippen LogP contribution in [0.3, 0.4) is 0 Å². The third-order valence-electron chi connectivity index (χ3n) is 6.12. The Kier molecular flexibility index (Phi) is 7.40. The second kappa shape index (κ2) is 10.2. The van der Waals surface area contributed by atoms with Gasteiger partial charge in [-0.1, -0.05) is 13.8 Å². The standard InChI is InChI=1S/C21H29N7OS.C2H6/c1-14-17(15(2)26(3)25-14)19-20-18(23-21(24-19)28-8-10-29-11-9-28)16(13-30-20)12-27-6-4-22-5-7-27;1-2/h13,22H,4-12H2,1-3H3;1-2H3. The number of anilines is 1. The molecule has 0 bridgehead atoms. The summed E-state index contributed by atoms with van der Waals surface area (Å²) in [6.07, 6.45) is 0. The highest BCUT2D eigenvalue weighted by Crippen LogP contribution is 2.37. The number of piperazine rings is 1. The van der Waals surface area contributed by atoms with Gasteiger partial charge in [-0.3, -0.25) is 9.58 Å². The maximum Gasteiger partial charge on any atom is 0.226 e. The Balaban J connectivity index is 0.00000119. The molecule has 5 heterocycles. The molecule has 0 aromatic carbocycles. The van der Waals surface area contributed by atoms with Crippen LogP contribution in [0.1, 0.15) is 30.8 Å². The van der Waals surface area contributed by atoms with E-state index < -0.39 is 0 Å². The van der Waals surface area contributed by atoms with Gasteiger partial charge in [0, 0.05) is 69.7 Å². The third-order valence-corrected chi connectivity index (χ3v) is 7.15. The van der Waals surface area contributed by atoms with Gasteiger partial charge in [0.1, 0.15) is 0 Å². The van der Waals surface area contributed by atoms with Crippen LogP contribution >= 0.6 is 11.3 Å². The van der Waals surface area contributed by atoms with E-state index in [9.17, 15) is 0 Å². The van der Waals surface area contributed by atoms with Crippen molar-refractivity contribution in [3.05, 3.63) is 22.3 Å². The van der Waals surface area contributed by atoms with Crippen molar-refractivity contribution < 1.29 is 4.74 Å². The van der Waals surface area contributed by atoms with E-state index in [-0.39, 0.29) is 0 Å². The second-order valence-electron chi connectivity index (χ2n) is 8.11. The fourth-order valence-electron chi connectivity index (χ4n) is 4.37. The van der Waals surface area contributed by atoms with Crippen LogP contribution in [-0.2, 0) is 18.3 Å². The average molecular weight is 458 g/mol. The van der Waals surface area contributed by atoms with E-state index in [1.807, 2.05) is 25.6 Å². The molecule has 0 amide bonds. The predicted molar refractivity (Wildman–Crippen MR) is 132 cm³/mol. The van der Waals surface area contributed by atoms with E-state index in [1.54, 1.807) is 11.3 Å². The van der Waals surface area contributed by atoms with Gasteiger partial charge in [-0.15, -0.1) is 11.3 Å². The van der Waals surface area contributed by atoms with Crippen molar-refractivity contribution in [2.24, 2.45) is 7.05 Å². The van der Waals surface area contributed by atoms with Gasteiger partial charge in [0.05, 0.1) is 34.8 Å². The minimum Gasteiger partial charge on any atom is -0.378 e. The molecular weight excluding hydrogens is 422 g/mol. The molecule has 0 radical (unpaired) electrons. The van der Waals surface area contributed by atoms with Crippen molar-refractivity contribution in [1.82, 2.24) is 30.0 Å². The molecule has 0 saturated carbocycles. The maximum absolute atomic E-state index is 5.55. The molecule has 3 aromatic heterocycles. The quantitative estimate of drug-likeness (QED) is 0.646. The van der Waals surface area contributed by atoms with Crippen LogP contribution in [0.5, 0.6) is 0 Å². The number of hydrogen-bond acceptors (Lipinski definition) is 8. The molecule has 0 spiro atoms. The van der Waals surface area contributed by atoms with Crippen molar-refractivity contribution in [3.63, 3.8) is 0 Å². The number of ether oxygens (including phenoxy) is 1. The number of fused-ring (bicyclic) bond motifs is 1. The summed E-state index contributed by atoms with van der Waals surface area (Å²) >= 11 is 1.76. The summed E-state index contributed by atoms with van der Waals surface area (Å²) in [6.45, 7) is 16.5. The minimum absolute atomic E-state index is 0.721. The SMILES string of the molecule is CC.Cc1nn(C)c(C)c1-c1nc(N2CCOCC2)nc2c(CN3CCNCC3)csc12. The summed E-state index contributed by atoms with van der Waals surface area (Å²) in [4.78, 5) is 14.9. The van der Waals surface area contributed by atoms with Crippen molar-refractivity contribution in [2.75, 3.05) is 57.4 Å². The van der Waals surface area contributed by atoms with Gasteiger partial charge < -0.3 is 15.0 Å². The van der Waals surface area contributed by atoms with Crippen molar-refractivity contribution >= 4 is 27.5 Å². The number of nitrogens with zero attached hydrogens (tertiary/aromatic N) is 6. The summed E-state index contributed by atoms with van der Waals surface area (Å²) in [5.74, 6) is 0.809. The fourth-order valence-corrected chi connectivity index (χ4v) is 5.36. The van der Waals surface area contributed by atoms with Gasteiger partial charge in [0.15, 0.2) is 0 Å². The molecule has 32 heavy (non-hydrogen) atoms. The van der Waals surface area contributed by atoms with Crippen LogP contribution in [0.15, 0.2) is 5.38 Å². The van der Waals surface area contributed by atoms with Crippen LogP contribution in [0, 0.1) is 13.8 Å². The molecule has 2 aliphatic rings. The van der Waals surface area contributed by atoms with E-state index in [1.165, 1.54) is 5.56 Å². The number of morpholine rings is 1. The molecule has 8 nitrogen and oxygen atoms in total. The number of aromatic nitrogens is 4. The van der Waals surface area contributed by atoms with E-state index in [2.05, 4.69) is 39.4 Å². The predicted octanol–water partition coefficient (Wildman–Crippen LogP) is 2.98. The smallest absolute Gasteiger partial charge is 0.226 e. The van der Waals surface area contributed by atoms with Gasteiger partial charge in [-0.25, -0.2) is 9.97 Å². The number of aryl methyl sites for hydroxylation is 2. The Morgan fingerprint density at radius 1 is 1.06 bits per heavy atom. The number of thiophene rings is 1. The largest absolute Gasteiger partial charge is 0.378 e. The first-order chi connectivity index (χ1) is 15.6. The van der Waals surface area contributed by atoms with Crippen LogP contribution in [0.4, 0.5) is 5.95 Å². The van der Waals surface area contributed by atoms with E-state index in [0.717, 1.165) is 97.8 Å². The van der Waals surface area contributed by atoms with Crippen molar-refractivity contribution in [2.45, 2.75) is 34.2 Å². The second-order valence-corrected chi connectivity index (χ2v) is 8.99. The Morgan fingerprint density at radius 3 is 2.44 bits per heavy atom. The zero-order valence-electron chi connectivity index (χ0n) is 19.9. The molecule has 5 rings (SSSR count). The lowest BCUT2D eigenvalue weighted by molar-refractivity contribution is 0.122.